The molecule has 0 atom stereocenters. The average Bonchev–Trinajstić information content (AvgIpc) is 2.91. The second kappa shape index (κ2) is 12.2. The van der Waals surface area contributed by atoms with Gasteiger partial charge in [-0.1, -0.05) is 41.4 Å². The van der Waals surface area contributed by atoms with Gasteiger partial charge in [0, 0.05) is 56.0 Å². The molecule has 1 aliphatic rings. The van der Waals surface area contributed by atoms with E-state index in [1.54, 1.807) is 36.3 Å². The highest BCUT2D eigenvalue weighted by atomic mass is 35.5. The van der Waals surface area contributed by atoms with Crippen LogP contribution in [0.2, 0.25) is 10.0 Å². The normalized spacial score (nSPS) is 13.5. The molecule has 0 radical (unpaired) electrons. The number of carbonyl (C=O) groups is 2. The number of aromatic nitrogens is 2. The maximum absolute atomic E-state index is 13.0. The lowest BCUT2D eigenvalue weighted by Crippen LogP contribution is -2.52. The Morgan fingerprint density at radius 2 is 1.67 bits per heavy atom. The Bertz CT molecular complexity index is 1180. The van der Waals surface area contributed by atoms with Crippen LogP contribution < -0.4 is 4.90 Å². The third kappa shape index (κ3) is 6.32. The number of ether oxygens (including phenoxy) is 1. The van der Waals surface area contributed by atoms with Gasteiger partial charge in [0.05, 0.1) is 17.3 Å². The number of halogens is 2. The van der Waals surface area contributed by atoms with E-state index in [-0.39, 0.29) is 18.4 Å². The lowest BCUT2D eigenvalue weighted by atomic mass is 10.1. The summed E-state index contributed by atoms with van der Waals surface area (Å²) in [6.45, 7) is 2.93. The molecule has 2 amide bonds. The van der Waals surface area contributed by atoms with Gasteiger partial charge in [0.15, 0.2) is 5.82 Å². The molecule has 1 aromatic heterocycles. The molecule has 1 saturated heterocycles. The van der Waals surface area contributed by atoms with Crippen LogP contribution in [0.25, 0.3) is 11.3 Å². The number of carbonyl (C=O) groups excluding carboxylic acids is 2. The second-order valence-corrected chi connectivity index (χ2v) is 9.19. The Morgan fingerprint density at radius 1 is 0.944 bits per heavy atom. The van der Waals surface area contributed by atoms with E-state index in [1.165, 1.54) is 4.90 Å². The van der Waals surface area contributed by atoms with Gasteiger partial charge in [-0.3, -0.25) is 9.59 Å². The van der Waals surface area contributed by atoms with Crippen molar-refractivity contribution >= 4 is 40.8 Å². The maximum Gasteiger partial charge on any atom is 0.254 e. The Kier molecular flexibility index (Phi) is 8.74. The van der Waals surface area contributed by atoms with Crippen molar-refractivity contribution < 1.29 is 14.3 Å². The van der Waals surface area contributed by atoms with Crippen LogP contribution in [-0.4, -0.2) is 84.8 Å². The maximum atomic E-state index is 13.0. The van der Waals surface area contributed by atoms with Crippen LogP contribution in [-0.2, 0) is 9.53 Å². The van der Waals surface area contributed by atoms with Crippen molar-refractivity contribution in [3.63, 3.8) is 0 Å². The number of amides is 2. The summed E-state index contributed by atoms with van der Waals surface area (Å²) < 4.78 is 5.14. The molecule has 0 unspecified atom stereocenters. The summed E-state index contributed by atoms with van der Waals surface area (Å²) in [4.78, 5) is 31.4. The molecular weight excluding hydrogens is 501 g/mol. The minimum absolute atomic E-state index is 0.0167. The van der Waals surface area contributed by atoms with Gasteiger partial charge in [-0.05, 0) is 42.5 Å². The Labute approximate surface area is 220 Å². The molecule has 8 nitrogen and oxygen atoms in total. The molecule has 3 aromatic rings. The molecule has 2 aromatic carbocycles. The number of piperazine rings is 1. The molecule has 1 aliphatic heterocycles. The molecule has 0 bridgehead atoms. The minimum atomic E-state index is -0.232. The van der Waals surface area contributed by atoms with Crippen LogP contribution in [0.1, 0.15) is 10.4 Å². The number of hydrogen-bond donors (Lipinski definition) is 0. The summed E-state index contributed by atoms with van der Waals surface area (Å²) in [7, 11) is 1.57. The monoisotopic (exact) mass is 527 g/mol. The van der Waals surface area contributed by atoms with E-state index < -0.39 is 0 Å². The van der Waals surface area contributed by atoms with E-state index in [4.69, 9.17) is 27.9 Å². The number of anilines is 1. The molecule has 36 heavy (non-hydrogen) atoms. The van der Waals surface area contributed by atoms with Gasteiger partial charge in [0.25, 0.3) is 5.91 Å². The molecular formula is C26H27Cl2N5O3. The Hall–Kier alpha value is -3.20. The summed E-state index contributed by atoms with van der Waals surface area (Å²) in [6, 6.07) is 18.0. The first-order valence-corrected chi connectivity index (χ1v) is 12.4. The van der Waals surface area contributed by atoms with Gasteiger partial charge >= 0.3 is 0 Å². The summed E-state index contributed by atoms with van der Waals surface area (Å²) in [5.74, 6) is 0.412. The Morgan fingerprint density at radius 3 is 2.31 bits per heavy atom. The van der Waals surface area contributed by atoms with Crippen LogP contribution in [0.5, 0.6) is 0 Å². The highest BCUT2D eigenvalue weighted by Crippen LogP contribution is 2.26. The number of rotatable bonds is 8. The first kappa shape index (κ1) is 25.9. The number of benzene rings is 2. The third-order valence-corrected chi connectivity index (χ3v) is 6.61. The van der Waals surface area contributed by atoms with Crippen molar-refractivity contribution in [3.8, 4) is 11.3 Å². The smallest absolute Gasteiger partial charge is 0.254 e. The van der Waals surface area contributed by atoms with Gasteiger partial charge in [0.1, 0.15) is 6.54 Å². The zero-order chi connectivity index (χ0) is 25.5. The van der Waals surface area contributed by atoms with Crippen LogP contribution in [0.4, 0.5) is 5.82 Å². The molecule has 0 aliphatic carbocycles. The fraction of sp³-hybridized carbons (Fsp3) is 0.308. The van der Waals surface area contributed by atoms with E-state index >= 15 is 0 Å². The summed E-state index contributed by atoms with van der Waals surface area (Å²) in [5.41, 5.74) is 2.02. The minimum Gasteiger partial charge on any atom is -0.383 e. The van der Waals surface area contributed by atoms with Gasteiger partial charge in [-0.25, -0.2) is 0 Å². The van der Waals surface area contributed by atoms with E-state index in [9.17, 15) is 9.59 Å². The predicted octanol–water partition coefficient (Wildman–Crippen LogP) is 3.89. The molecule has 2 heterocycles. The summed E-state index contributed by atoms with van der Waals surface area (Å²) >= 11 is 12.2. The van der Waals surface area contributed by atoms with Gasteiger partial charge in [-0.15, -0.1) is 10.2 Å². The van der Waals surface area contributed by atoms with Crippen molar-refractivity contribution in [2.24, 2.45) is 0 Å². The van der Waals surface area contributed by atoms with Crippen molar-refractivity contribution in [2.75, 3.05) is 57.9 Å². The fourth-order valence-corrected chi connectivity index (χ4v) is 4.34. The van der Waals surface area contributed by atoms with Crippen LogP contribution in [0, 0.1) is 0 Å². The van der Waals surface area contributed by atoms with Crippen LogP contribution in [0.15, 0.2) is 60.7 Å². The SMILES string of the molecule is COCCN(CC(=O)N1CCN(c2ccc(-c3ccccc3Cl)nn2)CC1)C(=O)c1ccc(Cl)cc1. The highest BCUT2D eigenvalue weighted by Gasteiger charge is 2.26. The molecule has 0 N–H and O–H groups in total. The number of methoxy groups -OCH3 is 1. The van der Waals surface area contributed by atoms with Gasteiger partial charge in [0.2, 0.25) is 5.91 Å². The van der Waals surface area contributed by atoms with E-state index in [1.807, 2.05) is 36.4 Å². The lowest BCUT2D eigenvalue weighted by molar-refractivity contribution is -0.132. The van der Waals surface area contributed by atoms with E-state index in [2.05, 4.69) is 15.1 Å². The topological polar surface area (TPSA) is 78.9 Å². The summed E-state index contributed by atoms with van der Waals surface area (Å²) in [5, 5.41) is 9.89. The predicted molar refractivity (Wildman–Crippen MR) is 141 cm³/mol. The average molecular weight is 528 g/mol. The standard InChI is InChI=1S/C26H27Cl2N5O3/c1-36-17-16-33(26(35)19-6-8-20(27)9-7-19)18-25(34)32-14-12-31(13-15-32)24-11-10-23(29-30-24)21-4-2-3-5-22(21)28/h2-11H,12-18H2,1H3. The van der Waals surface area contributed by atoms with Crippen molar-refractivity contribution in [2.45, 2.75) is 0 Å². The number of hydrogen-bond acceptors (Lipinski definition) is 6. The largest absolute Gasteiger partial charge is 0.383 e. The van der Waals surface area contributed by atoms with Gasteiger partial charge < -0.3 is 19.4 Å². The molecule has 188 valence electrons. The Balaban J connectivity index is 1.35. The highest BCUT2D eigenvalue weighted by molar-refractivity contribution is 6.33. The summed E-state index contributed by atoms with van der Waals surface area (Å²) in [6.07, 6.45) is 0. The molecule has 4 rings (SSSR count). The van der Waals surface area contributed by atoms with Gasteiger partial charge in [-0.2, -0.15) is 0 Å². The van der Waals surface area contributed by atoms with E-state index in [0.29, 0.717) is 60.6 Å². The number of nitrogens with zero attached hydrogens (tertiary/aromatic N) is 5. The fourth-order valence-electron chi connectivity index (χ4n) is 3.98. The molecule has 10 heteroatoms. The van der Waals surface area contributed by atoms with Crippen molar-refractivity contribution in [1.29, 1.82) is 0 Å². The quantitative estimate of drug-likeness (QED) is 0.442. The first-order chi connectivity index (χ1) is 17.5. The van der Waals surface area contributed by atoms with Crippen LogP contribution in [0.3, 0.4) is 0 Å². The lowest BCUT2D eigenvalue weighted by Gasteiger charge is -2.36. The molecule has 0 saturated carbocycles. The molecule has 0 spiro atoms. The zero-order valence-corrected chi connectivity index (χ0v) is 21.5. The van der Waals surface area contributed by atoms with Crippen molar-refractivity contribution in [3.05, 3.63) is 76.3 Å². The molecule has 1 fully saturated rings. The van der Waals surface area contributed by atoms with Crippen LogP contribution >= 0.6 is 23.2 Å². The second-order valence-electron chi connectivity index (χ2n) is 8.35. The third-order valence-electron chi connectivity index (χ3n) is 6.03. The van der Waals surface area contributed by atoms with Crippen molar-refractivity contribution in [1.82, 2.24) is 20.0 Å². The van der Waals surface area contributed by atoms with E-state index in [0.717, 1.165) is 11.4 Å². The first-order valence-electron chi connectivity index (χ1n) is 11.6. The zero-order valence-electron chi connectivity index (χ0n) is 19.9.